The molecule has 1 heterocycles. The molecule has 0 atom stereocenters. The lowest BCUT2D eigenvalue weighted by molar-refractivity contribution is -0.126. The molecule has 1 saturated heterocycles. The van der Waals surface area contributed by atoms with Crippen molar-refractivity contribution >= 4 is 11.9 Å². The van der Waals surface area contributed by atoms with Crippen LogP contribution in [-0.4, -0.2) is 48.0 Å². The predicted molar refractivity (Wildman–Crippen MR) is 85.8 cm³/mol. The van der Waals surface area contributed by atoms with Crippen LogP contribution < -0.4 is 0 Å². The van der Waals surface area contributed by atoms with Gasteiger partial charge in [0.15, 0.2) is 0 Å². The summed E-state index contributed by atoms with van der Waals surface area (Å²) in [5.74, 6) is -0.354. The van der Waals surface area contributed by atoms with Crippen molar-refractivity contribution in [3.8, 4) is 0 Å². The fourth-order valence-electron chi connectivity index (χ4n) is 2.49. The van der Waals surface area contributed by atoms with Crippen LogP contribution in [0.1, 0.15) is 20.7 Å². The van der Waals surface area contributed by atoms with Gasteiger partial charge in [0.1, 0.15) is 0 Å². The van der Waals surface area contributed by atoms with Crippen molar-refractivity contribution in [2.75, 3.05) is 26.2 Å². The summed E-state index contributed by atoms with van der Waals surface area (Å²) < 4.78 is 0. The molecule has 2 aromatic carbocycles. The molecule has 1 aliphatic rings. The molecule has 0 bridgehead atoms. The molecule has 1 fully saturated rings. The highest BCUT2D eigenvalue weighted by Gasteiger charge is 2.24. The second-order valence-electron chi connectivity index (χ2n) is 5.33. The van der Waals surface area contributed by atoms with Gasteiger partial charge in [-0.05, 0) is 24.3 Å². The molecule has 3 rings (SSSR count). The second kappa shape index (κ2) is 7.07. The molecule has 0 aliphatic carbocycles. The summed E-state index contributed by atoms with van der Waals surface area (Å²) in [5, 5.41) is 1.62. The molecule has 5 nitrogen and oxygen atoms in total. The minimum absolute atomic E-state index is 0.0136. The molecule has 1 aliphatic heterocycles. The van der Waals surface area contributed by atoms with E-state index in [1.54, 1.807) is 34.2 Å². The number of hydrogen-bond acceptors (Lipinski definition) is 4. The molecule has 118 valence electrons. The Morgan fingerprint density at radius 1 is 0.739 bits per heavy atom. The minimum Gasteiger partial charge on any atom is -0.364 e. The van der Waals surface area contributed by atoms with Gasteiger partial charge in [0, 0.05) is 18.7 Å². The molecule has 2 aromatic rings. The van der Waals surface area contributed by atoms with Gasteiger partial charge in [-0.15, -0.1) is 5.06 Å². The average Bonchev–Trinajstić information content (AvgIpc) is 2.63. The van der Waals surface area contributed by atoms with Crippen molar-refractivity contribution in [3.05, 3.63) is 71.8 Å². The zero-order valence-electron chi connectivity index (χ0n) is 12.7. The Hall–Kier alpha value is -2.66. The first kappa shape index (κ1) is 15.2. The Morgan fingerprint density at radius 2 is 1.26 bits per heavy atom. The summed E-state index contributed by atoms with van der Waals surface area (Å²) in [7, 11) is 0. The van der Waals surface area contributed by atoms with E-state index in [0.717, 1.165) is 0 Å². The van der Waals surface area contributed by atoms with Gasteiger partial charge >= 0.3 is 5.97 Å². The van der Waals surface area contributed by atoms with Crippen LogP contribution in [0.25, 0.3) is 0 Å². The number of amides is 1. The monoisotopic (exact) mass is 310 g/mol. The number of piperazine rings is 1. The van der Waals surface area contributed by atoms with E-state index in [0.29, 0.717) is 37.3 Å². The quantitative estimate of drug-likeness (QED) is 0.872. The first-order chi connectivity index (χ1) is 11.2. The fraction of sp³-hybridized carbons (Fsp3) is 0.222. The van der Waals surface area contributed by atoms with E-state index in [1.807, 2.05) is 36.4 Å². The molecule has 0 spiro atoms. The lowest BCUT2D eigenvalue weighted by Gasteiger charge is -2.33. The molecule has 0 unspecified atom stereocenters. The van der Waals surface area contributed by atoms with Crippen LogP contribution in [0.5, 0.6) is 0 Å². The summed E-state index contributed by atoms with van der Waals surface area (Å²) >= 11 is 0. The van der Waals surface area contributed by atoms with Crippen LogP contribution in [0.2, 0.25) is 0 Å². The number of carbonyl (C=O) groups excluding carboxylic acids is 2. The van der Waals surface area contributed by atoms with E-state index in [4.69, 9.17) is 4.84 Å². The standard InChI is InChI=1S/C18H18N2O3/c21-17(15-7-3-1-4-8-15)19-11-13-20(14-12-19)23-18(22)16-9-5-2-6-10-16/h1-10H,11-14H2. The van der Waals surface area contributed by atoms with Gasteiger partial charge in [-0.3, -0.25) is 4.79 Å². The lowest BCUT2D eigenvalue weighted by atomic mass is 10.2. The van der Waals surface area contributed by atoms with Gasteiger partial charge in [-0.2, -0.15) is 0 Å². The number of nitrogens with zero attached hydrogens (tertiary/aromatic N) is 2. The lowest BCUT2D eigenvalue weighted by Crippen LogP contribution is -2.49. The van der Waals surface area contributed by atoms with Gasteiger partial charge in [-0.25, -0.2) is 4.79 Å². The molecule has 1 amide bonds. The van der Waals surface area contributed by atoms with Crippen LogP contribution in [0.3, 0.4) is 0 Å². The Labute approximate surface area is 135 Å². The summed E-state index contributed by atoms with van der Waals surface area (Å²) in [6, 6.07) is 18.1. The van der Waals surface area contributed by atoms with Crippen molar-refractivity contribution in [1.82, 2.24) is 9.96 Å². The highest BCUT2D eigenvalue weighted by atomic mass is 16.7. The van der Waals surface area contributed by atoms with Gasteiger partial charge in [0.2, 0.25) is 0 Å². The zero-order chi connectivity index (χ0) is 16.1. The smallest absolute Gasteiger partial charge is 0.357 e. The summed E-state index contributed by atoms with van der Waals surface area (Å²) in [4.78, 5) is 31.5. The maximum absolute atomic E-state index is 12.3. The molecule has 5 heteroatoms. The van der Waals surface area contributed by atoms with Crippen molar-refractivity contribution in [1.29, 1.82) is 0 Å². The number of rotatable bonds is 3. The van der Waals surface area contributed by atoms with E-state index in [2.05, 4.69) is 0 Å². The third kappa shape index (κ3) is 3.76. The molecule has 23 heavy (non-hydrogen) atoms. The van der Waals surface area contributed by atoms with Crippen LogP contribution in [0.15, 0.2) is 60.7 Å². The fourth-order valence-corrected chi connectivity index (χ4v) is 2.49. The van der Waals surface area contributed by atoms with Gasteiger partial charge in [-0.1, -0.05) is 36.4 Å². The molecule has 0 aromatic heterocycles. The maximum Gasteiger partial charge on any atom is 0.357 e. The van der Waals surface area contributed by atoms with Crippen molar-refractivity contribution in [3.63, 3.8) is 0 Å². The first-order valence-corrected chi connectivity index (χ1v) is 7.60. The number of hydrogen-bond donors (Lipinski definition) is 0. The van der Waals surface area contributed by atoms with E-state index in [-0.39, 0.29) is 11.9 Å². The SMILES string of the molecule is O=C(ON1CCN(C(=O)c2ccccc2)CC1)c1ccccc1. The van der Waals surface area contributed by atoms with Crippen LogP contribution >= 0.6 is 0 Å². The topological polar surface area (TPSA) is 49.9 Å². The van der Waals surface area contributed by atoms with E-state index in [9.17, 15) is 9.59 Å². The summed E-state index contributed by atoms with van der Waals surface area (Å²) in [6.07, 6.45) is 0. The van der Waals surface area contributed by atoms with Crippen LogP contribution in [0.4, 0.5) is 0 Å². The van der Waals surface area contributed by atoms with E-state index >= 15 is 0 Å². The van der Waals surface area contributed by atoms with Crippen LogP contribution in [0, 0.1) is 0 Å². The Morgan fingerprint density at radius 3 is 1.83 bits per heavy atom. The Balaban J connectivity index is 1.53. The van der Waals surface area contributed by atoms with E-state index in [1.165, 1.54) is 0 Å². The number of carbonyl (C=O) groups is 2. The highest BCUT2D eigenvalue weighted by molar-refractivity contribution is 5.94. The van der Waals surface area contributed by atoms with Crippen molar-refractivity contribution in [2.24, 2.45) is 0 Å². The number of hydroxylamine groups is 2. The summed E-state index contributed by atoms with van der Waals surface area (Å²) in [5.41, 5.74) is 1.21. The zero-order valence-corrected chi connectivity index (χ0v) is 12.7. The average molecular weight is 310 g/mol. The number of benzene rings is 2. The maximum atomic E-state index is 12.3. The molecular formula is C18H18N2O3. The Bertz CT molecular complexity index is 665. The first-order valence-electron chi connectivity index (χ1n) is 7.60. The molecule has 0 N–H and O–H groups in total. The highest BCUT2D eigenvalue weighted by Crippen LogP contribution is 2.10. The van der Waals surface area contributed by atoms with Crippen molar-refractivity contribution in [2.45, 2.75) is 0 Å². The Kier molecular flexibility index (Phi) is 4.68. The third-order valence-electron chi connectivity index (χ3n) is 3.77. The predicted octanol–water partition coefficient (Wildman–Crippen LogP) is 2.22. The molecular weight excluding hydrogens is 292 g/mol. The second-order valence-corrected chi connectivity index (χ2v) is 5.33. The normalized spacial score (nSPS) is 15.2. The minimum atomic E-state index is -0.367. The van der Waals surface area contributed by atoms with Gasteiger partial charge in [0.25, 0.3) is 5.91 Å². The molecule has 0 saturated carbocycles. The largest absolute Gasteiger partial charge is 0.364 e. The van der Waals surface area contributed by atoms with E-state index < -0.39 is 0 Å². The van der Waals surface area contributed by atoms with Gasteiger partial charge in [0.05, 0.1) is 18.7 Å². The third-order valence-corrected chi connectivity index (χ3v) is 3.77. The molecule has 0 radical (unpaired) electrons. The summed E-state index contributed by atoms with van der Waals surface area (Å²) in [6.45, 7) is 2.10. The van der Waals surface area contributed by atoms with Crippen molar-refractivity contribution < 1.29 is 14.4 Å². The van der Waals surface area contributed by atoms with Crippen LogP contribution in [-0.2, 0) is 4.84 Å². The van der Waals surface area contributed by atoms with Gasteiger partial charge < -0.3 is 9.74 Å².